The number of ketones is 1. The average Bonchev–Trinajstić information content (AvgIpc) is 3.17. The number of hydrogen-bond acceptors (Lipinski definition) is 6. The van der Waals surface area contributed by atoms with E-state index < -0.39 is 18.2 Å². The van der Waals surface area contributed by atoms with Crippen LogP contribution in [0.3, 0.4) is 0 Å². The third kappa shape index (κ3) is 6.12. The highest BCUT2D eigenvalue weighted by Gasteiger charge is 2.48. The number of fused-ring (bicyclic) bond motifs is 1. The summed E-state index contributed by atoms with van der Waals surface area (Å²) in [6, 6.07) is 8.22. The molecule has 2 heterocycles. The minimum Gasteiger partial charge on any atom is -0.336 e. The number of imide groups is 1. The van der Waals surface area contributed by atoms with E-state index in [2.05, 4.69) is 17.2 Å². The van der Waals surface area contributed by atoms with Crippen LogP contribution in [0.2, 0.25) is 0 Å². The van der Waals surface area contributed by atoms with Crippen LogP contribution in [0.4, 0.5) is 4.79 Å². The Hall–Kier alpha value is -2.35. The smallest absolute Gasteiger partial charge is 0.325 e. The number of aliphatic imine (C=N–C) groups is 1. The number of likely N-dealkylation sites (N-methyl/N-ethyl adjacent to an activating group) is 1. The van der Waals surface area contributed by atoms with E-state index in [9.17, 15) is 14.4 Å². The van der Waals surface area contributed by atoms with Crippen molar-refractivity contribution in [2.75, 3.05) is 19.3 Å². The summed E-state index contributed by atoms with van der Waals surface area (Å²) < 4.78 is 0. The number of rotatable bonds is 12. The van der Waals surface area contributed by atoms with Crippen LogP contribution in [0.1, 0.15) is 68.6 Å². The van der Waals surface area contributed by atoms with Gasteiger partial charge in [-0.15, -0.1) is 0 Å². The van der Waals surface area contributed by atoms with Crippen molar-refractivity contribution >= 4 is 34.7 Å². The van der Waals surface area contributed by atoms with E-state index >= 15 is 0 Å². The lowest BCUT2D eigenvalue weighted by Gasteiger charge is -2.36. The Kier molecular flexibility index (Phi) is 9.14. The zero-order chi connectivity index (χ0) is 22.9. The fourth-order valence-electron chi connectivity index (χ4n) is 4.11. The van der Waals surface area contributed by atoms with Gasteiger partial charge in [-0.05, 0) is 6.42 Å². The van der Waals surface area contributed by atoms with E-state index in [-0.39, 0.29) is 17.4 Å². The molecule has 2 atom stereocenters. The summed E-state index contributed by atoms with van der Waals surface area (Å²) in [5.74, 6) is -0.0457. The zero-order valence-electron chi connectivity index (χ0n) is 19.1. The minimum atomic E-state index is -0.542. The lowest BCUT2D eigenvalue weighted by Crippen LogP contribution is -2.63. The standard InChI is InChI=1S/C24H34N4O3S/c1-3-4-5-6-7-8-9-13-16-28-20-21(27(2)23(31)26-22(20)30)25-24(28)32-17-19(29)18-14-11-10-12-15-18/h10-12,14-15,20-21H,3-9,13,16-17H2,1-2H3,(H,26,30,31). The Bertz CT molecular complexity index is 830. The molecule has 0 radical (unpaired) electrons. The van der Waals surface area contributed by atoms with E-state index in [0.29, 0.717) is 17.3 Å². The molecule has 2 aliphatic rings. The number of carbonyl (C=O) groups is 3. The van der Waals surface area contributed by atoms with Gasteiger partial charge in [-0.25, -0.2) is 9.79 Å². The monoisotopic (exact) mass is 458 g/mol. The predicted molar refractivity (Wildman–Crippen MR) is 129 cm³/mol. The Morgan fingerprint density at radius 1 is 1.03 bits per heavy atom. The summed E-state index contributed by atoms with van der Waals surface area (Å²) in [6.45, 7) is 2.91. The van der Waals surface area contributed by atoms with Crippen molar-refractivity contribution in [1.82, 2.24) is 15.1 Å². The summed E-state index contributed by atoms with van der Waals surface area (Å²) in [5, 5.41) is 3.10. The molecule has 174 valence electrons. The molecule has 1 N–H and O–H groups in total. The number of nitrogens with zero attached hydrogens (tertiary/aromatic N) is 3. The summed E-state index contributed by atoms with van der Waals surface area (Å²) in [4.78, 5) is 45.4. The van der Waals surface area contributed by atoms with Crippen molar-refractivity contribution in [3.8, 4) is 0 Å². The molecular formula is C24H34N4O3S. The van der Waals surface area contributed by atoms with Crippen molar-refractivity contribution < 1.29 is 14.4 Å². The van der Waals surface area contributed by atoms with Crippen LogP contribution < -0.4 is 5.32 Å². The fourth-order valence-corrected chi connectivity index (χ4v) is 5.09. The number of hydrogen-bond donors (Lipinski definition) is 1. The van der Waals surface area contributed by atoms with Gasteiger partial charge in [0.2, 0.25) is 0 Å². The first-order valence-corrected chi connectivity index (χ1v) is 12.6. The van der Waals surface area contributed by atoms with Gasteiger partial charge in [0.1, 0.15) is 0 Å². The highest BCUT2D eigenvalue weighted by molar-refractivity contribution is 8.14. The average molecular weight is 459 g/mol. The Morgan fingerprint density at radius 2 is 1.69 bits per heavy atom. The first-order valence-electron chi connectivity index (χ1n) is 11.7. The topological polar surface area (TPSA) is 82.1 Å². The molecule has 2 aliphatic heterocycles. The van der Waals surface area contributed by atoms with Crippen LogP contribution in [0, 0.1) is 0 Å². The third-order valence-electron chi connectivity index (χ3n) is 6.00. The molecule has 3 amide bonds. The van der Waals surface area contributed by atoms with Gasteiger partial charge in [0.05, 0.1) is 5.75 Å². The molecule has 0 aliphatic carbocycles. The van der Waals surface area contributed by atoms with E-state index in [1.54, 1.807) is 19.2 Å². The number of thioether (sulfide) groups is 1. The van der Waals surface area contributed by atoms with Gasteiger partial charge >= 0.3 is 6.03 Å². The van der Waals surface area contributed by atoms with Gasteiger partial charge in [0.25, 0.3) is 5.91 Å². The molecule has 0 saturated carbocycles. The molecule has 8 heteroatoms. The highest BCUT2D eigenvalue weighted by atomic mass is 32.2. The Balaban J connectivity index is 1.59. The van der Waals surface area contributed by atoms with Gasteiger partial charge in [-0.3, -0.25) is 14.9 Å². The van der Waals surface area contributed by atoms with Crippen molar-refractivity contribution in [2.45, 2.75) is 70.5 Å². The van der Waals surface area contributed by atoms with Gasteiger partial charge in [0, 0.05) is 19.2 Å². The second-order valence-corrected chi connectivity index (χ2v) is 9.36. The number of carbonyl (C=O) groups excluding carboxylic acids is 3. The van der Waals surface area contributed by atoms with E-state index in [0.717, 1.165) is 12.8 Å². The largest absolute Gasteiger partial charge is 0.336 e. The van der Waals surface area contributed by atoms with E-state index in [1.165, 1.54) is 55.2 Å². The van der Waals surface area contributed by atoms with Crippen LogP contribution in [-0.4, -0.2) is 64.2 Å². The second-order valence-electron chi connectivity index (χ2n) is 8.42. The van der Waals surface area contributed by atoms with Gasteiger partial charge in [-0.2, -0.15) is 0 Å². The number of benzene rings is 1. The van der Waals surface area contributed by atoms with Crippen LogP contribution in [-0.2, 0) is 4.79 Å². The number of urea groups is 1. The SMILES string of the molecule is CCCCCCCCCCN1C(SCC(=O)c2ccccc2)=NC2C1C(=O)NC(=O)N2C. The summed E-state index contributed by atoms with van der Waals surface area (Å²) >= 11 is 1.35. The molecule has 2 unspecified atom stereocenters. The zero-order valence-corrected chi connectivity index (χ0v) is 19.9. The first-order chi connectivity index (χ1) is 15.5. The number of Topliss-reactive ketones (excluding diaryl/α,β-unsaturated/α-hetero) is 1. The predicted octanol–water partition coefficient (Wildman–Crippen LogP) is 4.29. The number of amides is 3. The maximum absolute atomic E-state index is 12.6. The van der Waals surface area contributed by atoms with Crippen molar-refractivity contribution in [3.05, 3.63) is 35.9 Å². The lowest BCUT2D eigenvalue weighted by atomic mass is 10.1. The minimum absolute atomic E-state index is 0.0223. The maximum Gasteiger partial charge on any atom is 0.325 e. The fraction of sp³-hybridized carbons (Fsp3) is 0.583. The number of unbranched alkanes of at least 4 members (excludes halogenated alkanes) is 7. The lowest BCUT2D eigenvalue weighted by molar-refractivity contribution is -0.127. The van der Waals surface area contributed by atoms with Crippen LogP contribution in [0.25, 0.3) is 0 Å². The van der Waals surface area contributed by atoms with E-state index in [4.69, 9.17) is 0 Å². The van der Waals surface area contributed by atoms with Gasteiger partial charge < -0.3 is 9.80 Å². The van der Waals surface area contributed by atoms with Crippen LogP contribution in [0.15, 0.2) is 35.3 Å². The van der Waals surface area contributed by atoms with Gasteiger partial charge in [0.15, 0.2) is 23.2 Å². The van der Waals surface area contributed by atoms with Gasteiger partial charge in [-0.1, -0.05) is 94.0 Å². The molecule has 0 aromatic heterocycles. The Morgan fingerprint density at radius 3 is 2.38 bits per heavy atom. The molecule has 0 bridgehead atoms. The third-order valence-corrected chi connectivity index (χ3v) is 7.01. The Labute approximate surface area is 195 Å². The summed E-state index contributed by atoms with van der Waals surface area (Å²) in [7, 11) is 1.65. The molecule has 1 aromatic rings. The first kappa shape index (κ1) is 24.3. The molecule has 0 spiro atoms. The molecule has 3 rings (SSSR count). The normalized spacial score (nSPS) is 20.2. The molecule has 1 fully saturated rings. The quantitative estimate of drug-likeness (QED) is 0.373. The summed E-state index contributed by atoms with van der Waals surface area (Å²) in [6.07, 6.45) is 9.07. The van der Waals surface area contributed by atoms with Crippen LogP contribution >= 0.6 is 11.8 Å². The van der Waals surface area contributed by atoms with Crippen molar-refractivity contribution in [2.24, 2.45) is 4.99 Å². The highest BCUT2D eigenvalue weighted by Crippen LogP contribution is 2.29. The second kappa shape index (κ2) is 12.0. The molecule has 32 heavy (non-hydrogen) atoms. The van der Waals surface area contributed by atoms with Crippen LogP contribution in [0.5, 0.6) is 0 Å². The molecule has 1 aromatic carbocycles. The molecule has 1 saturated heterocycles. The summed E-state index contributed by atoms with van der Waals surface area (Å²) in [5.41, 5.74) is 0.663. The maximum atomic E-state index is 12.6. The molecular weight excluding hydrogens is 424 g/mol. The number of nitrogens with one attached hydrogen (secondary N) is 1. The number of amidine groups is 1. The van der Waals surface area contributed by atoms with E-state index in [1.807, 2.05) is 23.1 Å². The molecule has 7 nitrogen and oxygen atoms in total. The van der Waals surface area contributed by atoms with Crippen molar-refractivity contribution in [1.29, 1.82) is 0 Å². The van der Waals surface area contributed by atoms with Crippen molar-refractivity contribution in [3.63, 3.8) is 0 Å².